The average Bonchev–Trinajstić information content (AvgIpc) is 2.54. The van der Waals surface area contributed by atoms with Crippen LogP contribution in [0, 0.1) is 0 Å². The van der Waals surface area contributed by atoms with Gasteiger partial charge in [0.25, 0.3) is 0 Å². The zero-order valence-electron chi connectivity index (χ0n) is 12.7. The number of benzene rings is 2. The Morgan fingerprint density at radius 1 is 0.905 bits per heavy atom. The van der Waals surface area contributed by atoms with Crippen LogP contribution in [-0.4, -0.2) is 21.3 Å². The zero-order valence-corrected chi connectivity index (χ0v) is 12.7. The van der Waals surface area contributed by atoms with Crippen LogP contribution >= 0.6 is 0 Å². The Bertz CT molecular complexity index is 584. The van der Waals surface area contributed by atoms with Crippen LogP contribution in [-0.2, 0) is 13.2 Å². The molecule has 112 valence electrons. The molecule has 0 saturated carbocycles. The SMILES string of the molecule is CNCc1ccccc1OCc1cc(OC)ccc1OC. The molecule has 0 heterocycles. The smallest absolute Gasteiger partial charge is 0.125 e. The van der Waals surface area contributed by atoms with E-state index in [2.05, 4.69) is 11.4 Å². The molecule has 0 unspecified atom stereocenters. The highest BCUT2D eigenvalue weighted by atomic mass is 16.5. The lowest BCUT2D eigenvalue weighted by atomic mass is 10.2. The second-order valence-electron chi connectivity index (χ2n) is 4.60. The van der Waals surface area contributed by atoms with Crippen molar-refractivity contribution in [3.8, 4) is 17.2 Å². The standard InChI is InChI=1S/C17H21NO3/c1-18-11-13-6-4-5-7-17(13)21-12-14-10-15(19-2)8-9-16(14)20-3/h4-10,18H,11-12H2,1-3H3. The monoisotopic (exact) mass is 287 g/mol. The first kappa shape index (κ1) is 15.2. The normalized spacial score (nSPS) is 10.2. The van der Waals surface area contributed by atoms with Crippen LogP contribution in [0.1, 0.15) is 11.1 Å². The van der Waals surface area contributed by atoms with E-state index in [1.807, 2.05) is 43.4 Å². The van der Waals surface area contributed by atoms with E-state index < -0.39 is 0 Å². The van der Waals surface area contributed by atoms with Crippen LogP contribution in [0.5, 0.6) is 17.2 Å². The average molecular weight is 287 g/mol. The lowest BCUT2D eigenvalue weighted by molar-refractivity contribution is 0.292. The first-order valence-corrected chi connectivity index (χ1v) is 6.84. The molecule has 0 aliphatic heterocycles. The second-order valence-corrected chi connectivity index (χ2v) is 4.60. The summed E-state index contributed by atoms with van der Waals surface area (Å²) in [6.07, 6.45) is 0. The molecule has 0 aliphatic carbocycles. The van der Waals surface area contributed by atoms with Crippen LogP contribution in [0.15, 0.2) is 42.5 Å². The molecule has 0 bridgehead atoms. The van der Waals surface area contributed by atoms with Crippen molar-refractivity contribution in [1.82, 2.24) is 5.32 Å². The summed E-state index contributed by atoms with van der Waals surface area (Å²) in [6.45, 7) is 1.20. The van der Waals surface area contributed by atoms with Gasteiger partial charge in [0, 0.05) is 17.7 Å². The van der Waals surface area contributed by atoms with Gasteiger partial charge in [-0.15, -0.1) is 0 Å². The van der Waals surface area contributed by atoms with Gasteiger partial charge < -0.3 is 19.5 Å². The van der Waals surface area contributed by atoms with E-state index in [1.54, 1.807) is 14.2 Å². The Morgan fingerprint density at radius 3 is 2.43 bits per heavy atom. The van der Waals surface area contributed by atoms with Crippen molar-refractivity contribution >= 4 is 0 Å². The Labute approximate surface area is 125 Å². The zero-order chi connectivity index (χ0) is 15.1. The molecule has 0 fully saturated rings. The van der Waals surface area contributed by atoms with Gasteiger partial charge in [-0.25, -0.2) is 0 Å². The molecule has 0 radical (unpaired) electrons. The Balaban J connectivity index is 2.16. The molecule has 0 amide bonds. The second kappa shape index (κ2) is 7.55. The molecular weight excluding hydrogens is 266 g/mol. The van der Waals surface area contributed by atoms with Gasteiger partial charge in [0.1, 0.15) is 23.9 Å². The molecule has 0 aliphatic rings. The molecule has 0 saturated heterocycles. The van der Waals surface area contributed by atoms with Crippen LogP contribution in [0.3, 0.4) is 0 Å². The third kappa shape index (κ3) is 3.89. The fourth-order valence-corrected chi connectivity index (χ4v) is 2.13. The summed E-state index contributed by atoms with van der Waals surface area (Å²) in [5.74, 6) is 2.46. The van der Waals surface area contributed by atoms with Gasteiger partial charge in [-0.3, -0.25) is 0 Å². The third-order valence-electron chi connectivity index (χ3n) is 3.21. The van der Waals surface area contributed by atoms with Crippen molar-refractivity contribution in [1.29, 1.82) is 0 Å². The summed E-state index contributed by atoms with van der Waals surface area (Å²) in [5, 5.41) is 3.14. The number of rotatable bonds is 7. The van der Waals surface area contributed by atoms with E-state index in [-0.39, 0.29) is 0 Å². The van der Waals surface area contributed by atoms with Gasteiger partial charge in [-0.05, 0) is 31.3 Å². The van der Waals surface area contributed by atoms with Crippen LogP contribution in [0.2, 0.25) is 0 Å². The predicted octanol–water partition coefficient (Wildman–Crippen LogP) is 3.00. The van der Waals surface area contributed by atoms with Gasteiger partial charge in [0.2, 0.25) is 0 Å². The highest BCUT2D eigenvalue weighted by molar-refractivity contribution is 5.41. The largest absolute Gasteiger partial charge is 0.497 e. The minimum atomic E-state index is 0.432. The molecule has 4 heteroatoms. The maximum Gasteiger partial charge on any atom is 0.125 e. The summed E-state index contributed by atoms with van der Waals surface area (Å²) in [5.41, 5.74) is 2.08. The van der Waals surface area contributed by atoms with E-state index in [9.17, 15) is 0 Å². The van der Waals surface area contributed by atoms with E-state index in [0.717, 1.165) is 34.9 Å². The highest BCUT2D eigenvalue weighted by Gasteiger charge is 2.08. The third-order valence-corrected chi connectivity index (χ3v) is 3.21. The summed E-state index contributed by atoms with van der Waals surface area (Å²) < 4.78 is 16.6. The van der Waals surface area contributed by atoms with Gasteiger partial charge in [-0.2, -0.15) is 0 Å². The Hall–Kier alpha value is -2.20. The molecule has 21 heavy (non-hydrogen) atoms. The first-order valence-electron chi connectivity index (χ1n) is 6.84. The predicted molar refractivity (Wildman–Crippen MR) is 83.1 cm³/mol. The van der Waals surface area contributed by atoms with Gasteiger partial charge in [-0.1, -0.05) is 18.2 Å². The van der Waals surface area contributed by atoms with Crippen molar-refractivity contribution in [3.63, 3.8) is 0 Å². The van der Waals surface area contributed by atoms with Crippen LogP contribution < -0.4 is 19.5 Å². The lowest BCUT2D eigenvalue weighted by Gasteiger charge is -2.14. The van der Waals surface area contributed by atoms with E-state index in [0.29, 0.717) is 6.61 Å². The molecule has 2 aromatic carbocycles. The molecule has 4 nitrogen and oxygen atoms in total. The fraction of sp³-hybridized carbons (Fsp3) is 0.294. The quantitative estimate of drug-likeness (QED) is 0.850. The van der Waals surface area contributed by atoms with Crippen molar-refractivity contribution < 1.29 is 14.2 Å². The van der Waals surface area contributed by atoms with Gasteiger partial charge in [0.05, 0.1) is 14.2 Å². The van der Waals surface area contributed by atoms with Gasteiger partial charge in [0.15, 0.2) is 0 Å². The number of para-hydroxylation sites is 1. The molecule has 1 N–H and O–H groups in total. The minimum Gasteiger partial charge on any atom is -0.497 e. The number of ether oxygens (including phenoxy) is 3. The molecule has 2 rings (SSSR count). The Morgan fingerprint density at radius 2 is 1.71 bits per heavy atom. The maximum atomic E-state index is 5.94. The first-order chi connectivity index (χ1) is 10.3. The Kier molecular flexibility index (Phi) is 5.46. The number of hydrogen-bond acceptors (Lipinski definition) is 4. The minimum absolute atomic E-state index is 0.432. The van der Waals surface area contributed by atoms with Crippen molar-refractivity contribution in [3.05, 3.63) is 53.6 Å². The molecule has 0 aromatic heterocycles. The van der Waals surface area contributed by atoms with Crippen LogP contribution in [0.25, 0.3) is 0 Å². The van der Waals surface area contributed by atoms with Crippen molar-refractivity contribution in [2.75, 3.05) is 21.3 Å². The lowest BCUT2D eigenvalue weighted by Crippen LogP contribution is -2.07. The highest BCUT2D eigenvalue weighted by Crippen LogP contribution is 2.26. The molecule has 2 aromatic rings. The number of hydrogen-bond donors (Lipinski definition) is 1. The fourth-order valence-electron chi connectivity index (χ4n) is 2.13. The molecule has 0 atom stereocenters. The number of methoxy groups -OCH3 is 2. The topological polar surface area (TPSA) is 39.7 Å². The van der Waals surface area contributed by atoms with E-state index >= 15 is 0 Å². The van der Waals surface area contributed by atoms with Crippen molar-refractivity contribution in [2.45, 2.75) is 13.2 Å². The van der Waals surface area contributed by atoms with Gasteiger partial charge >= 0.3 is 0 Å². The summed E-state index contributed by atoms with van der Waals surface area (Å²) in [7, 11) is 5.22. The summed E-state index contributed by atoms with van der Waals surface area (Å²) >= 11 is 0. The summed E-state index contributed by atoms with van der Waals surface area (Å²) in [6, 6.07) is 13.7. The summed E-state index contributed by atoms with van der Waals surface area (Å²) in [4.78, 5) is 0. The van der Waals surface area contributed by atoms with Crippen molar-refractivity contribution in [2.24, 2.45) is 0 Å². The van der Waals surface area contributed by atoms with E-state index in [4.69, 9.17) is 14.2 Å². The number of nitrogens with one attached hydrogen (secondary N) is 1. The van der Waals surface area contributed by atoms with Crippen LogP contribution in [0.4, 0.5) is 0 Å². The maximum absolute atomic E-state index is 5.94. The molecule has 0 spiro atoms. The van der Waals surface area contributed by atoms with E-state index in [1.165, 1.54) is 0 Å². The molecular formula is C17H21NO3.